The van der Waals surface area contributed by atoms with Crippen molar-refractivity contribution in [1.82, 2.24) is 14.5 Å². The van der Waals surface area contributed by atoms with Crippen LogP contribution in [0.25, 0.3) is 5.52 Å². The topological polar surface area (TPSA) is 70.2 Å². The van der Waals surface area contributed by atoms with Gasteiger partial charge >= 0.3 is 0 Å². The number of hydrogen-bond donors (Lipinski definition) is 1. The number of rotatable bonds is 1. The fraction of sp³-hybridized carbons (Fsp3) is 0.357. The van der Waals surface area contributed by atoms with E-state index in [0.717, 1.165) is 11.2 Å². The van der Waals surface area contributed by atoms with Crippen molar-refractivity contribution in [2.45, 2.75) is 13.3 Å². The summed E-state index contributed by atoms with van der Waals surface area (Å²) in [4.78, 5) is 14.4. The minimum atomic E-state index is -0.0185. The first-order valence-electron chi connectivity index (χ1n) is 6.63. The van der Waals surface area contributed by atoms with Crippen molar-refractivity contribution in [3.8, 4) is 0 Å². The molecule has 20 heavy (non-hydrogen) atoms. The molecule has 1 unspecified atom stereocenters. The van der Waals surface area contributed by atoms with E-state index in [9.17, 15) is 4.79 Å². The lowest BCUT2D eigenvalue weighted by molar-refractivity contribution is 0.0736. The third-order valence-corrected chi connectivity index (χ3v) is 3.77. The number of carbonyl (C=O) groups excluding carboxylic acids is 1. The second kappa shape index (κ2) is 4.96. The molecule has 2 aromatic rings. The molecule has 6 heteroatoms. The number of carbonyl (C=O) groups is 1. The molecule has 0 aliphatic carbocycles. The first-order chi connectivity index (χ1) is 9.70. The zero-order valence-corrected chi connectivity index (χ0v) is 11.2. The van der Waals surface area contributed by atoms with Gasteiger partial charge in [-0.25, -0.2) is 4.52 Å². The van der Waals surface area contributed by atoms with Gasteiger partial charge in [-0.1, -0.05) is 18.1 Å². The first kappa shape index (κ1) is 12.7. The van der Waals surface area contributed by atoms with E-state index in [1.165, 1.54) is 0 Å². The van der Waals surface area contributed by atoms with Gasteiger partial charge < -0.3 is 10.1 Å². The highest BCUT2D eigenvalue weighted by molar-refractivity contribution is 6.01. The van der Waals surface area contributed by atoms with E-state index in [0.29, 0.717) is 25.1 Å². The van der Waals surface area contributed by atoms with Crippen LogP contribution in [-0.2, 0) is 0 Å². The zero-order chi connectivity index (χ0) is 14.1. The number of piperidine rings is 1. The number of aromatic nitrogens is 2. The van der Waals surface area contributed by atoms with Gasteiger partial charge in [-0.2, -0.15) is 5.10 Å². The highest BCUT2D eigenvalue weighted by Gasteiger charge is 2.27. The van der Waals surface area contributed by atoms with Crippen molar-refractivity contribution in [2.75, 3.05) is 13.1 Å². The molecule has 104 valence electrons. The Hall–Kier alpha value is -2.37. The van der Waals surface area contributed by atoms with Gasteiger partial charge in [-0.05, 0) is 12.1 Å². The van der Waals surface area contributed by atoms with E-state index >= 15 is 0 Å². The molecular weight excluding hydrogens is 256 g/mol. The molecule has 1 aliphatic heterocycles. The maximum atomic E-state index is 12.6. The van der Waals surface area contributed by atoms with Crippen LogP contribution in [0.1, 0.15) is 23.7 Å². The van der Waals surface area contributed by atoms with Gasteiger partial charge in [0.15, 0.2) is 0 Å². The molecule has 1 amide bonds. The minimum Gasteiger partial charge on any atom is -0.411 e. The Balaban J connectivity index is 1.86. The Morgan fingerprint density at radius 1 is 1.50 bits per heavy atom. The molecule has 1 N–H and O–H groups in total. The Morgan fingerprint density at radius 3 is 3.10 bits per heavy atom. The summed E-state index contributed by atoms with van der Waals surface area (Å²) in [6.45, 7) is 3.11. The zero-order valence-electron chi connectivity index (χ0n) is 11.2. The van der Waals surface area contributed by atoms with Gasteiger partial charge in [0.2, 0.25) is 0 Å². The molecule has 3 rings (SSSR count). The molecule has 0 saturated carbocycles. The molecule has 1 aliphatic rings. The number of nitrogens with zero attached hydrogens (tertiary/aromatic N) is 4. The summed E-state index contributed by atoms with van der Waals surface area (Å²) in [6.07, 6.45) is 4.04. The third-order valence-electron chi connectivity index (χ3n) is 3.77. The van der Waals surface area contributed by atoms with Crippen molar-refractivity contribution in [3.05, 3.63) is 36.2 Å². The molecule has 0 spiro atoms. The number of hydrogen-bond acceptors (Lipinski definition) is 4. The smallest absolute Gasteiger partial charge is 0.257 e. The highest BCUT2D eigenvalue weighted by atomic mass is 16.4. The number of fused-ring (bicyclic) bond motifs is 1. The summed E-state index contributed by atoms with van der Waals surface area (Å²) in [7, 11) is 0. The Kier molecular flexibility index (Phi) is 3.14. The van der Waals surface area contributed by atoms with Crippen LogP contribution in [0, 0.1) is 5.92 Å². The number of pyridine rings is 1. The van der Waals surface area contributed by atoms with Gasteiger partial charge in [0.05, 0.1) is 23.0 Å². The summed E-state index contributed by atoms with van der Waals surface area (Å²) in [5, 5.41) is 16.4. The summed E-state index contributed by atoms with van der Waals surface area (Å²) < 4.78 is 1.70. The van der Waals surface area contributed by atoms with Crippen LogP contribution in [0.4, 0.5) is 0 Å². The number of likely N-dealkylation sites (tertiary alicyclic amines) is 1. The molecule has 1 atom stereocenters. The molecule has 0 radical (unpaired) electrons. The molecule has 1 saturated heterocycles. The van der Waals surface area contributed by atoms with Crippen LogP contribution in [0.5, 0.6) is 0 Å². The van der Waals surface area contributed by atoms with Crippen LogP contribution >= 0.6 is 0 Å². The van der Waals surface area contributed by atoms with Gasteiger partial charge in [-0.15, -0.1) is 0 Å². The van der Waals surface area contributed by atoms with Crippen LogP contribution in [0.3, 0.4) is 0 Å². The molecule has 0 aromatic carbocycles. The standard InChI is InChI=1S/C14H16N4O2/c1-10-9-17(7-5-12(10)16-20)14(19)11-8-15-18-6-3-2-4-13(11)18/h2-4,6,8,10,20H,5,7,9H2,1H3/b16-12+. The average Bonchev–Trinajstić information content (AvgIpc) is 2.90. The lowest BCUT2D eigenvalue weighted by Crippen LogP contribution is -2.43. The Labute approximate surface area is 116 Å². The van der Waals surface area contributed by atoms with Crippen LogP contribution in [0.15, 0.2) is 35.7 Å². The summed E-state index contributed by atoms with van der Waals surface area (Å²) >= 11 is 0. The maximum Gasteiger partial charge on any atom is 0.257 e. The fourth-order valence-corrected chi connectivity index (χ4v) is 2.63. The summed E-state index contributed by atoms with van der Waals surface area (Å²) in [5.74, 6) is 0.0644. The summed E-state index contributed by atoms with van der Waals surface area (Å²) in [6, 6.07) is 5.65. The van der Waals surface area contributed by atoms with Crippen molar-refractivity contribution in [2.24, 2.45) is 11.1 Å². The van der Waals surface area contributed by atoms with E-state index in [-0.39, 0.29) is 11.8 Å². The molecule has 1 fully saturated rings. The molecule has 2 aromatic heterocycles. The van der Waals surface area contributed by atoms with E-state index in [1.54, 1.807) is 15.6 Å². The van der Waals surface area contributed by atoms with Gasteiger partial charge in [0.25, 0.3) is 5.91 Å². The third kappa shape index (κ3) is 2.03. The van der Waals surface area contributed by atoms with Crippen molar-refractivity contribution in [1.29, 1.82) is 0 Å². The fourth-order valence-electron chi connectivity index (χ4n) is 2.63. The number of amides is 1. The van der Waals surface area contributed by atoms with Crippen molar-refractivity contribution < 1.29 is 10.0 Å². The SMILES string of the molecule is CC1CN(C(=O)c2cnn3ccccc23)CC/C1=N\O. The lowest BCUT2D eigenvalue weighted by Gasteiger charge is -2.31. The van der Waals surface area contributed by atoms with E-state index < -0.39 is 0 Å². The first-order valence-corrected chi connectivity index (χ1v) is 6.63. The monoisotopic (exact) mass is 272 g/mol. The molecule has 3 heterocycles. The maximum absolute atomic E-state index is 12.6. The van der Waals surface area contributed by atoms with E-state index in [2.05, 4.69) is 10.3 Å². The molecule has 6 nitrogen and oxygen atoms in total. The quantitative estimate of drug-likeness (QED) is 0.634. The van der Waals surface area contributed by atoms with Gasteiger partial charge in [-0.3, -0.25) is 4.79 Å². The predicted octanol–water partition coefficient (Wildman–Crippen LogP) is 1.65. The lowest BCUT2D eigenvalue weighted by atomic mass is 9.97. The molecular formula is C14H16N4O2. The minimum absolute atomic E-state index is 0.0185. The Morgan fingerprint density at radius 2 is 2.35 bits per heavy atom. The molecule has 0 bridgehead atoms. The van der Waals surface area contributed by atoms with Gasteiger partial charge in [0.1, 0.15) is 0 Å². The number of oxime groups is 1. The van der Waals surface area contributed by atoms with Gasteiger partial charge in [0, 0.05) is 31.6 Å². The van der Waals surface area contributed by atoms with Crippen molar-refractivity contribution in [3.63, 3.8) is 0 Å². The predicted molar refractivity (Wildman–Crippen MR) is 74.1 cm³/mol. The van der Waals surface area contributed by atoms with E-state index in [1.807, 2.05) is 31.3 Å². The normalized spacial score (nSPS) is 21.6. The Bertz CT molecular complexity index is 677. The highest BCUT2D eigenvalue weighted by Crippen LogP contribution is 2.19. The summed E-state index contributed by atoms with van der Waals surface area (Å²) in [5.41, 5.74) is 2.18. The van der Waals surface area contributed by atoms with Crippen molar-refractivity contribution >= 4 is 17.1 Å². The van der Waals surface area contributed by atoms with Crippen LogP contribution in [0.2, 0.25) is 0 Å². The second-order valence-corrected chi connectivity index (χ2v) is 5.08. The van der Waals surface area contributed by atoms with Crippen LogP contribution < -0.4 is 0 Å². The average molecular weight is 272 g/mol. The second-order valence-electron chi connectivity index (χ2n) is 5.08. The van der Waals surface area contributed by atoms with E-state index in [4.69, 9.17) is 5.21 Å². The van der Waals surface area contributed by atoms with Crippen LogP contribution in [-0.4, -0.2) is 44.4 Å². The largest absolute Gasteiger partial charge is 0.411 e.